The highest BCUT2D eigenvalue weighted by molar-refractivity contribution is 5.88. The normalized spacial score (nSPS) is 23.8. The fourth-order valence-corrected chi connectivity index (χ4v) is 3.01. The number of furan rings is 1. The van der Waals surface area contributed by atoms with E-state index in [9.17, 15) is 4.79 Å². The molecule has 0 bridgehead atoms. The van der Waals surface area contributed by atoms with Gasteiger partial charge < -0.3 is 9.52 Å². The van der Waals surface area contributed by atoms with Gasteiger partial charge in [0.15, 0.2) is 0 Å². The predicted molar refractivity (Wildman–Crippen MR) is 73.3 cm³/mol. The van der Waals surface area contributed by atoms with Crippen LogP contribution in [0.1, 0.15) is 54.5 Å². The van der Waals surface area contributed by atoms with Crippen LogP contribution in [0, 0.1) is 12.8 Å². The van der Waals surface area contributed by atoms with Gasteiger partial charge in [-0.2, -0.15) is 0 Å². The van der Waals surface area contributed by atoms with Gasteiger partial charge in [-0.15, -0.1) is 0 Å². The van der Waals surface area contributed by atoms with Gasteiger partial charge >= 0.3 is 5.97 Å². The van der Waals surface area contributed by atoms with E-state index in [4.69, 9.17) is 9.52 Å². The van der Waals surface area contributed by atoms with Crippen molar-refractivity contribution >= 4 is 5.97 Å². The first-order valence-electron chi connectivity index (χ1n) is 7.00. The number of carboxylic acid groups (broad SMARTS) is 1. The molecule has 2 atom stereocenters. The molecule has 1 aliphatic rings. The summed E-state index contributed by atoms with van der Waals surface area (Å²) in [7, 11) is 2.10. The molecule has 0 amide bonds. The van der Waals surface area contributed by atoms with Crippen molar-refractivity contribution in [3.8, 4) is 0 Å². The number of hydrogen-bond acceptors (Lipinski definition) is 3. The van der Waals surface area contributed by atoms with Gasteiger partial charge in [0.1, 0.15) is 17.1 Å². The number of aromatic carboxylic acids is 1. The third kappa shape index (κ3) is 3.38. The Balaban J connectivity index is 2.00. The summed E-state index contributed by atoms with van der Waals surface area (Å²) in [6.07, 6.45) is 5.06. The molecule has 2 unspecified atom stereocenters. The molecule has 0 saturated heterocycles. The van der Waals surface area contributed by atoms with Crippen molar-refractivity contribution in [2.24, 2.45) is 5.92 Å². The molecule has 1 aliphatic carbocycles. The first kappa shape index (κ1) is 14.1. The Bertz CT molecular complexity index is 452. The highest BCUT2D eigenvalue weighted by Gasteiger charge is 2.23. The average Bonchev–Trinajstić information content (AvgIpc) is 2.70. The lowest BCUT2D eigenvalue weighted by molar-refractivity contribution is 0.0695. The van der Waals surface area contributed by atoms with Gasteiger partial charge in [-0.3, -0.25) is 4.90 Å². The molecule has 0 aliphatic heterocycles. The van der Waals surface area contributed by atoms with E-state index < -0.39 is 5.97 Å². The van der Waals surface area contributed by atoms with Crippen molar-refractivity contribution < 1.29 is 14.3 Å². The number of aryl methyl sites for hydroxylation is 1. The highest BCUT2D eigenvalue weighted by atomic mass is 16.4. The molecule has 0 radical (unpaired) electrons. The maximum Gasteiger partial charge on any atom is 0.339 e. The Labute approximate surface area is 114 Å². The minimum Gasteiger partial charge on any atom is -0.478 e. The molecule has 19 heavy (non-hydrogen) atoms. The molecule has 1 N–H and O–H groups in total. The summed E-state index contributed by atoms with van der Waals surface area (Å²) in [5.74, 6) is 1.11. The monoisotopic (exact) mass is 265 g/mol. The number of rotatable bonds is 4. The summed E-state index contributed by atoms with van der Waals surface area (Å²) in [4.78, 5) is 13.3. The molecular weight excluding hydrogens is 242 g/mol. The van der Waals surface area contributed by atoms with Crippen LogP contribution in [0.5, 0.6) is 0 Å². The van der Waals surface area contributed by atoms with Crippen molar-refractivity contribution in [1.82, 2.24) is 4.90 Å². The minimum absolute atomic E-state index is 0.278. The lowest BCUT2D eigenvalue weighted by atomic mass is 9.86. The van der Waals surface area contributed by atoms with E-state index in [1.165, 1.54) is 25.7 Å². The van der Waals surface area contributed by atoms with Gasteiger partial charge in [0, 0.05) is 6.04 Å². The van der Waals surface area contributed by atoms with Crippen molar-refractivity contribution in [3.63, 3.8) is 0 Å². The number of carboxylic acids is 1. The quantitative estimate of drug-likeness (QED) is 0.907. The second kappa shape index (κ2) is 5.78. The van der Waals surface area contributed by atoms with Crippen LogP contribution in [0.25, 0.3) is 0 Å². The lowest BCUT2D eigenvalue weighted by Gasteiger charge is -2.33. The van der Waals surface area contributed by atoms with Crippen LogP contribution in [0.3, 0.4) is 0 Å². The highest BCUT2D eigenvalue weighted by Crippen LogP contribution is 2.28. The van der Waals surface area contributed by atoms with E-state index in [2.05, 4.69) is 18.9 Å². The van der Waals surface area contributed by atoms with Crippen LogP contribution >= 0.6 is 0 Å². The van der Waals surface area contributed by atoms with Gasteiger partial charge in [0.2, 0.25) is 0 Å². The maximum atomic E-state index is 11.0. The summed E-state index contributed by atoms with van der Waals surface area (Å²) in [6, 6.07) is 2.24. The van der Waals surface area contributed by atoms with Crippen LogP contribution in [-0.4, -0.2) is 29.1 Å². The topological polar surface area (TPSA) is 53.7 Å². The SMILES string of the molecule is Cc1oc(CN(C)C2CCCC(C)C2)cc1C(=O)O. The molecule has 1 heterocycles. The first-order chi connectivity index (χ1) is 8.97. The Kier molecular flexibility index (Phi) is 4.30. The number of nitrogens with zero attached hydrogens (tertiary/aromatic N) is 1. The Morgan fingerprint density at radius 2 is 2.26 bits per heavy atom. The maximum absolute atomic E-state index is 11.0. The van der Waals surface area contributed by atoms with E-state index in [1.54, 1.807) is 13.0 Å². The summed E-state index contributed by atoms with van der Waals surface area (Å²) in [5.41, 5.74) is 0.278. The molecule has 4 nitrogen and oxygen atoms in total. The fraction of sp³-hybridized carbons (Fsp3) is 0.667. The van der Waals surface area contributed by atoms with E-state index in [0.29, 0.717) is 18.3 Å². The third-order valence-electron chi connectivity index (χ3n) is 4.14. The molecule has 4 heteroatoms. The summed E-state index contributed by atoms with van der Waals surface area (Å²) in [6.45, 7) is 4.70. The fourth-order valence-electron chi connectivity index (χ4n) is 3.01. The van der Waals surface area contributed by atoms with Gasteiger partial charge in [0.05, 0.1) is 6.54 Å². The van der Waals surface area contributed by atoms with Crippen LogP contribution in [0.15, 0.2) is 10.5 Å². The van der Waals surface area contributed by atoms with E-state index in [-0.39, 0.29) is 5.56 Å². The Morgan fingerprint density at radius 3 is 2.84 bits per heavy atom. The number of carbonyl (C=O) groups is 1. The van der Waals surface area contributed by atoms with E-state index in [1.807, 2.05) is 0 Å². The Morgan fingerprint density at radius 1 is 1.53 bits per heavy atom. The zero-order chi connectivity index (χ0) is 14.0. The molecule has 1 saturated carbocycles. The molecule has 1 aromatic heterocycles. The van der Waals surface area contributed by atoms with Crippen LogP contribution < -0.4 is 0 Å². The second-order valence-electron chi connectivity index (χ2n) is 5.83. The predicted octanol–water partition coefficient (Wildman–Crippen LogP) is 3.30. The molecule has 1 aromatic rings. The molecule has 2 rings (SSSR count). The zero-order valence-electron chi connectivity index (χ0n) is 12.0. The average molecular weight is 265 g/mol. The van der Waals surface area contributed by atoms with Crippen LogP contribution in [0.2, 0.25) is 0 Å². The molecule has 1 fully saturated rings. The van der Waals surface area contributed by atoms with Gasteiger partial charge in [-0.05, 0) is 38.8 Å². The standard InChI is InChI=1S/C15H23NO3/c1-10-5-4-6-12(7-10)16(3)9-13-8-14(15(17)18)11(2)19-13/h8,10,12H,4-7,9H2,1-3H3,(H,17,18). The van der Waals surface area contributed by atoms with E-state index >= 15 is 0 Å². The third-order valence-corrected chi connectivity index (χ3v) is 4.14. The van der Waals surface area contributed by atoms with Gasteiger partial charge in [0.25, 0.3) is 0 Å². The van der Waals surface area contributed by atoms with Crippen molar-refractivity contribution in [2.75, 3.05) is 7.05 Å². The largest absolute Gasteiger partial charge is 0.478 e. The van der Waals surface area contributed by atoms with Crippen molar-refractivity contribution in [3.05, 3.63) is 23.2 Å². The first-order valence-corrected chi connectivity index (χ1v) is 7.00. The summed E-state index contributed by atoms with van der Waals surface area (Å²) >= 11 is 0. The zero-order valence-corrected chi connectivity index (χ0v) is 12.0. The summed E-state index contributed by atoms with van der Waals surface area (Å²) < 4.78 is 5.54. The minimum atomic E-state index is -0.915. The van der Waals surface area contributed by atoms with Gasteiger partial charge in [-0.25, -0.2) is 4.79 Å². The Hall–Kier alpha value is -1.29. The number of hydrogen-bond donors (Lipinski definition) is 1. The van der Waals surface area contributed by atoms with Gasteiger partial charge in [-0.1, -0.05) is 19.8 Å². The molecule has 0 spiro atoms. The van der Waals surface area contributed by atoms with Crippen LogP contribution in [0.4, 0.5) is 0 Å². The van der Waals surface area contributed by atoms with Crippen LogP contribution in [-0.2, 0) is 6.54 Å². The molecular formula is C15H23NO3. The molecule has 106 valence electrons. The van der Waals surface area contributed by atoms with Crippen molar-refractivity contribution in [2.45, 2.75) is 52.1 Å². The van der Waals surface area contributed by atoms with Crippen molar-refractivity contribution in [1.29, 1.82) is 0 Å². The second-order valence-corrected chi connectivity index (χ2v) is 5.83. The smallest absolute Gasteiger partial charge is 0.339 e. The lowest BCUT2D eigenvalue weighted by Crippen LogP contribution is -2.34. The van der Waals surface area contributed by atoms with E-state index in [0.717, 1.165) is 11.7 Å². The summed E-state index contributed by atoms with van der Waals surface area (Å²) in [5, 5.41) is 9.02. The molecule has 0 aromatic carbocycles.